The first-order chi connectivity index (χ1) is 9.06. The van der Waals surface area contributed by atoms with Crippen molar-refractivity contribution in [1.82, 2.24) is 5.32 Å². The highest BCUT2D eigenvalue weighted by Crippen LogP contribution is 2.10. The molecule has 4 heteroatoms. The fourth-order valence-corrected chi connectivity index (χ4v) is 1.86. The van der Waals surface area contributed by atoms with Gasteiger partial charge in [0.05, 0.1) is 12.2 Å². The third-order valence-corrected chi connectivity index (χ3v) is 3.11. The predicted octanol–water partition coefficient (Wildman–Crippen LogP) is 2.54. The summed E-state index contributed by atoms with van der Waals surface area (Å²) in [5.74, 6) is -0.452. The minimum Gasteiger partial charge on any atom is -0.478 e. The van der Waals surface area contributed by atoms with Crippen molar-refractivity contribution in [3.8, 4) is 0 Å². The number of hydrogen-bond acceptors (Lipinski definition) is 3. The lowest BCUT2D eigenvalue weighted by Crippen LogP contribution is -2.37. The first-order valence-corrected chi connectivity index (χ1v) is 6.68. The molecule has 0 spiro atoms. The van der Waals surface area contributed by atoms with Crippen LogP contribution in [0.1, 0.15) is 36.7 Å². The predicted molar refractivity (Wildman–Crippen MR) is 75.4 cm³/mol. The average molecular weight is 265 g/mol. The Morgan fingerprint density at radius 2 is 2.05 bits per heavy atom. The van der Waals surface area contributed by atoms with Gasteiger partial charge in [0.1, 0.15) is 0 Å². The van der Waals surface area contributed by atoms with E-state index in [9.17, 15) is 4.79 Å². The Bertz CT molecular complexity index is 404. The molecule has 0 aromatic heterocycles. The van der Waals surface area contributed by atoms with E-state index in [0.29, 0.717) is 31.2 Å². The zero-order chi connectivity index (χ0) is 14.3. The molecule has 106 valence electrons. The van der Waals surface area contributed by atoms with Gasteiger partial charge in [-0.1, -0.05) is 32.0 Å². The number of carboxylic acids is 1. The molecule has 0 heterocycles. The van der Waals surface area contributed by atoms with Crippen molar-refractivity contribution >= 4 is 5.97 Å². The summed E-state index contributed by atoms with van der Waals surface area (Å²) >= 11 is 0. The summed E-state index contributed by atoms with van der Waals surface area (Å²) in [4.78, 5) is 11.1. The van der Waals surface area contributed by atoms with Gasteiger partial charge in [-0.2, -0.15) is 0 Å². The van der Waals surface area contributed by atoms with Crippen LogP contribution in [0.4, 0.5) is 0 Å². The number of aromatic carboxylic acids is 1. The molecule has 0 amide bonds. The van der Waals surface area contributed by atoms with E-state index < -0.39 is 5.97 Å². The lowest BCUT2D eigenvalue weighted by Gasteiger charge is -2.22. The highest BCUT2D eigenvalue weighted by molar-refractivity contribution is 5.89. The second-order valence-corrected chi connectivity index (χ2v) is 4.85. The lowest BCUT2D eigenvalue weighted by molar-refractivity contribution is 0.0695. The highest BCUT2D eigenvalue weighted by Gasteiger charge is 2.15. The van der Waals surface area contributed by atoms with Crippen LogP contribution >= 0.6 is 0 Å². The summed E-state index contributed by atoms with van der Waals surface area (Å²) in [6.45, 7) is 8.09. The zero-order valence-electron chi connectivity index (χ0n) is 11.8. The third kappa shape index (κ3) is 5.01. The Balaban J connectivity index is 2.66. The van der Waals surface area contributed by atoms with E-state index in [1.165, 1.54) is 0 Å². The number of ether oxygens (including phenoxy) is 1. The van der Waals surface area contributed by atoms with Crippen molar-refractivity contribution in [2.24, 2.45) is 5.92 Å². The summed E-state index contributed by atoms with van der Waals surface area (Å²) in [7, 11) is 0. The molecule has 1 unspecified atom stereocenters. The monoisotopic (exact) mass is 265 g/mol. The number of rotatable bonds is 8. The molecule has 19 heavy (non-hydrogen) atoms. The maximum absolute atomic E-state index is 11.1. The van der Waals surface area contributed by atoms with E-state index in [-0.39, 0.29) is 6.04 Å². The fraction of sp³-hybridized carbons (Fsp3) is 0.533. The van der Waals surface area contributed by atoms with Gasteiger partial charge < -0.3 is 15.2 Å². The molecule has 0 saturated heterocycles. The molecule has 0 saturated carbocycles. The largest absolute Gasteiger partial charge is 0.478 e. The molecule has 0 bridgehead atoms. The van der Waals surface area contributed by atoms with Gasteiger partial charge in [0.2, 0.25) is 0 Å². The van der Waals surface area contributed by atoms with E-state index in [2.05, 4.69) is 19.2 Å². The second kappa shape index (κ2) is 7.92. The molecular formula is C15H23NO3. The van der Waals surface area contributed by atoms with E-state index in [0.717, 1.165) is 5.56 Å². The molecule has 0 aliphatic heterocycles. The van der Waals surface area contributed by atoms with Gasteiger partial charge in [-0.05, 0) is 24.5 Å². The van der Waals surface area contributed by atoms with Crippen LogP contribution in [0.2, 0.25) is 0 Å². The Morgan fingerprint density at radius 3 is 2.63 bits per heavy atom. The van der Waals surface area contributed by atoms with Gasteiger partial charge in [0.15, 0.2) is 0 Å². The number of carbonyl (C=O) groups is 1. The third-order valence-electron chi connectivity index (χ3n) is 3.11. The summed E-state index contributed by atoms with van der Waals surface area (Å²) in [5.41, 5.74) is 1.16. The van der Waals surface area contributed by atoms with Crippen molar-refractivity contribution in [3.63, 3.8) is 0 Å². The molecule has 0 aliphatic carbocycles. The van der Waals surface area contributed by atoms with E-state index >= 15 is 0 Å². The van der Waals surface area contributed by atoms with Gasteiger partial charge in [0.25, 0.3) is 0 Å². The van der Waals surface area contributed by atoms with Crippen LogP contribution in [0, 0.1) is 5.92 Å². The molecule has 1 rings (SSSR count). The SMILES string of the molecule is CCOCC(NCc1ccccc1C(=O)O)C(C)C. The van der Waals surface area contributed by atoms with Crippen molar-refractivity contribution < 1.29 is 14.6 Å². The molecule has 0 radical (unpaired) electrons. The maximum Gasteiger partial charge on any atom is 0.336 e. The minimum atomic E-state index is -0.886. The van der Waals surface area contributed by atoms with Crippen LogP contribution in [0.25, 0.3) is 0 Å². The van der Waals surface area contributed by atoms with Crippen LogP contribution in [0.5, 0.6) is 0 Å². The second-order valence-electron chi connectivity index (χ2n) is 4.85. The van der Waals surface area contributed by atoms with Crippen LogP contribution in [0.15, 0.2) is 24.3 Å². The quantitative estimate of drug-likeness (QED) is 0.758. The molecule has 0 fully saturated rings. The molecule has 4 nitrogen and oxygen atoms in total. The summed E-state index contributed by atoms with van der Waals surface area (Å²) < 4.78 is 5.44. The highest BCUT2D eigenvalue weighted by atomic mass is 16.5. The van der Waals surface area contributed by atoms with Crippen molar-refractivity contribution in [3.05, 3.63) is 35.4 Å². The standard InChI is InChI=1S/C15H23NO3/c1-4-19-10-14(11(2)3)16-9-12-7-5-6-8-13(12)15(17)18/h5-8,11,14,16H,4,9-10H2,1-3H3,(H,17,18). The average Bonchev–Trinajstić information content (AvgIpc) is 2.38. The van der Waals surface area contributed by atoms with Crippen molar-refractivity contribution in [2.45, 2.75) is 33.4 Å². The summed E-state index contributed by atoms with van der Waals surface area (Å²) in [6, 6.07) is 7.30. The summed E-state index contributed by atoms with van der Waals surface area (Å²) in [5, 5.41) is 12.5. The minimum absolute atomic E-state index is 0.224. The van der Waals surface area contributed by atoms with Gasteiger partial charge in [0, 0.05) is 19.2 Å². The van der Waals surface area contributed by atoms with Gasteiger partial charge in [-0.3, -0.25) is 0 Å². The number of hydrogen-bond donors (Lipinski definition) is 2. The molecule has 0 aliphatic rings. The summed E-state index contributed by atoms with van der Waals surface area (Å²) in [6.07, 6.45) is 0. The van der Waals surface area contributed by atoms with E-state index in [4.69, 9.17) is 9.84 Å². The van der Waals surface area contributed by atoms with Gasteiger partial charge in [-0.15, -0.1) is 0 Å². The number of nitrogens with one attached hydrogen (secondary N) is 1. The number of carboxylic acid groups (broad SMARTS) is 1. The Labute approximate surface area is 114 Å². The number of benzene rings is 1. The molecular weight excluding hydrogens is 242 g/mol. The first kappa shape index (κ1) is 15.7. The maximum atomic E-state index is 11.1. The zero-order valence-corrected chi connectivity index (χ0v) is 11.8. The van der Waals surface area contributed by atoms with Crippen LogP contribution < -0.4 is 5.32 Å². The molecule has 2 N–H and O–H groups in total. The van der Waals surface area contributed by atoms with Crippen LogP contribution in [-0.4, -0.2) is 30.3 Å². The van der Waals surface area contributed by atoms with Crippen molar-refractivity contribution in [1.29, 1.82) is 0 Å². The lowest BCUT2D eigenvalue weighted by atomic mass is 10.0. The normalized spacial score (nSPS) is 12.6. The topological polar surface area (TPSA) is 58.6 Å². The smallest absolute Gasteiger partial charge is 0.336 e. The molecule has 1 atom stereocenters. The Kier molecular flexibility index (Phi) is 6.53. The molecule has 1 aromatic carbocycles. The van der Waals surface area contributed by atoms with Crippen LogP contribution in [-0.2, 0) is 11.3 Å². The van der Waals surface area contributed by atoms with Crippen LogP contribution in [0.3, 0.4) is 0 Å². The van der Waals surface area contributed by atoms with Crippen molar-refractivity contribution in [2.75, 3.05) is 13.2 Å². The first-order valence-electron chi connectivity index (χ1n) is 6.68. The fourth-order valence-electron chi connectivity index (χ4n) is 1.86. The van der Waals surface area contributed by atoms with Gasteiger partial charge >= 0.3 is 5.97 Å². The van der Waals surface area contributed by atoms with E-state index in [1.807, 2.05) is 19.1 Å². The Hall–Kier alpha value is -1.39. The Morgan fingerprint density at radius 1 is 1.37 bits per heavy atom. The van der Waals surface area contributed by atoms with Gasteiger partial charge in [-0.25, -0.2) is 4.79 Å². The molecule has 1 aromatic rings. The van der Waals surface area contributed by atoms with E-state index in [1.54, 1.807) is 12.1 Å².